The summed E-state index contributed by atoms with van der Waals surface area (Å²) in [6.45, 7) is 2.31. The largest absolute Gasteiger partial charge is 0.0804 e. The first-order valence-electron chi connectivity index (χ1n) is 9.49. The van der Waals surface area contributed by atoms with Crippen molar-refractivity contribution in [2.45, 2.75) is 44.4 Å². The van der Waals surface area contributed by atoms with Gasteiger partial charge in [0.2, 0.25) is 0 Å². The van der Waals surface area contributed by atoms with Gasteiger partial charge in [0, 0.05) is 0 Å². The lowest BCUT2D eigenvalue weighted by Gasteiger charge is -2.23. The van der Waals surface area contributed by atoms with Crippen LogP contribution in [0.15, 0.2) is 96.6 Å². The van der Waals surface area contributed by atoms with E-state index in [-0.39, 0.29) is 0 Å². The van der Waals surface area contributed by atoms with Crippen LogP contribution in [0.3, 0.4) is 0 Å². The van der Waals surface area contributed by atoms with Crippen molar-refractivity contribution >= 4 is 0 Å². The Balaban J connectivity index is 1.78. The minimum atomic E-state index is 0.568. The molecule has 0 heteroatoms. The predicted octanol–water partition coefficient (Wildman–Crippen LogP) is 7.19. The molecule has 0 radical (unpaired) electrons. The molecule has 0 N–H and O–H groups in total. The molecule has 1 aliphatic rings. The first kappa shape index (κ1) is 17.5. The molecule has 1 aliphatic carbocycles. The van der Waals surface area contributed by atoms with Crippen molar-refractivity contribution in [2.75, 3.05) is 0 Å². The summed E-state index contributed by atoms with van der Waals surface area (Å²) in [6.07, 6.45) is 15.8. The van der Waals surface area contributed by atoms with E-state index in [1.807, 2.05) is 0 Å². The monoisotopic (exact) mass is 328 g/mol. The lowest BCUT2D eigenvalue weighted by molar-refractivity contribution is 0.521. The Morgan fingerprint density at radius 2 is 1.48 bits per heavy atom. The highest BCUT2D eigenvalue weighted by atomic mass is 14.2. The van der Waals surface area contributed by atoms with Crippen molar-refractivity contribution < 1.29 is 0 Å². The summed E-state index contributed by atoms with van der Waals surface area (Å²) < 4.78 is 0. The van der Waals surface area contributed by atoms with Gasteiger partial charge < -0.3 is 0 Å². The smallest absolute Gasteiger partial charge is 0.00975 e. The van der Waals surface area contributed by atoms with Gasteiger partial charge in [-0.15, -0.1) is 0 Å². The van der Waals surface area contributed by atoms with Crippen molar-refractivity contribution in [3.8, 4) is 0 Å². The van der Waals surface area contributed by atoms with Gasteiger partial charge in [0.15, 0.2) is 0 Å². The van der Waals surface area contributed by atoms with Crippen molar-refractivity contribution in [3.63, 3.8) is 0 Å². The Labute approximate surface area is 152 Å². The summed E-state index contributed by atoms with van der Waals surface area (Å²) in [4.78, 5) is 0. The molecule has 0 saturated heterocycles. The second kappa shape index (κ2) is 9.22. The maximum absolute atomic E-state index is 2.44. The standard InChI is InChI=1S/C25H28/c1-2-22(23-14-8-4-9-15-23)20-25(24-16-10-5-11-17-24)19-18-21-12-6-3-7-13-21/h3-12,14-18,22,25H,2,13,19-20H2,1H3/b21-18-. The Bertz CT molecular complexity index is 719. The van der Waals surface area contributed by atoms with Crippen LogP contribution in [0.4, 0.5) is 0 Å². The van der Waals surface area contributed by atoms with E-state index in [0.29, 0.717) is 11.8 Å². The van der Waals surface area contributed by atoms with Crippen molar-refractivity contribution in [2.24, 2.45) is 0 Å². The molecule has 2 atom stereocenters. The summed E-state index contributed by atoms with van der Waals surface area (Å²) >= 11 is 0. The van der Waals surface area contributed by atoms with Crippen LogP contribution in [-0.2, 0) is 0 Å². The minimum Gasteiger partial charge on any atom is -0.0804 e. The quantitative estimate of drug-likeness (QED) is 0.504. The van der Waals surface area contributed by atoms with Gasteiger partial charge in [-0.25, -0.2) is 0 Å². The summed E-state index contributed by atoms with van der Waals surface area (Å²) in [5, 5.41) is 0. The Hall–Kier alpha value is -2.34. The molecule has 0 spiro atoms. The van der Waals surface area contributed by atoms with Crippen molar-refractivity contribution in [1.29, 1.82) is 0 Å². The van der Waals surface area contributed by atoms with Crippen LogP contribution in [-0.4, -0.2) is 0 Å². The molecule has 0 aliphatic heterocycles. The third-order valence-electron chi connectivity index (χ3n) is 5.18. The van der Waals surface area contributed by atoms with Crippen LogP contribution in [0, 0.1) is 0 Å². The zero-order valence-electron chi connectivity index (χ0n) is 15.1. The molecule has 2 unspecified atom stereocenters. The maximum Gasteiger partial charge on any atom is -0.00975 e. The molecule has 0 bridgehead atoms. The zero-order chi connectivity index (χ0) is 17.3. The van der Waals surface area contributed by atoms with E-state index in [2.05, 4.69) is 98.0 Å². The van der Waals surface area contributed by atoms with E-state index in [1.165, 1.54) is 29.5 Å². The average molecular weight is 328 g/mol. The Kier molecular flexibility index (Phi) is 6.45. The second-order valence-corrected chi connectivity index (χ2v) is 6.87. The average Bonchev–Trinajstić information content (AvgIpc) is 2.70. The summed E-state index contributed by atoms with van der Waals surface area (Å²) in [5.74, 6) is 1.18. The lowest BCUT2D eigenvalue weighted by Crippen LogP contribution is -2.06. The van der Waals surface area contributed by atoms with Gasteiger partial charge in [0.25, 0.3) is 0 Å². The first-order chi connectivity index (χ1) is 12.4. The molecule has 25 heavy (non-hydrogen) atoms. The fraction of sp³-hybridized carbons (Fsp3) is 0.280. The van der Waals surface area contributed by atoms with E-state index in [9.17, 15) is 0 Å². The summed E-state index contributed by atoms with van der Waals surface area (Å²) in [5.41, 5.74) is 4.37. The second-order valence-electron chi connectivity index (χ2n) is 6.87. The summed E-state index contributed by atoms with van der Waals surface area (Å²) in [7, 11) is 0. The Morgan fingerprint density at radius 3 is 2.04 bits per heavy atom. The minimum absolute atomic E-state index is 0.568. The number of hydrogen-bond acceptors (Lipinski definition) is 0. The van der Waals surface area contributed by atoms with Gasteiger partial charge in [0.1, 0.15) is 0 Å². The van der Waals surface area contributed by atoms with Crippen molar-refractivity contribution in [3.05, 3.63) is 108 Å². The zero-order valence-corrected chi connectivity index (χ0v) is 15.1. The molecular formula is C25H28. The van der Waals surface area contributed by atoms with Crippen LogP contribution < -0.4 is 0 Å². The van der Waals surface area contributed by atoms with Gasteiger partial charge >= 0.3 is 0 Å². The molecule has 128 valence electrons. The SMILES string of the molecule is CCC(CC(C/C=C1/C=CC=CC1)c1ccccc1)c1ccccc1. The molecule has 2 aromatic rings. The number of allylic oxidation sites excluding steroid dienone is 6. The van der Waals surface area contributed by atoms with Crippen LogP contribution in [0.5, 0.6) is 0 Å². The molecule has 0 nitrogen and oxygen atoms in total. The normalized spacial score (nSPS) is 17.6. The van der Waals surface area contributed by atoms with Gasteiger partial charge in [-0.1, -0.05) is 98.0 Å². The molecular weight excluding hydrogens is 300 g/mol. The fourth-order valence-corrected chi connectivity index (χ4v) is 3.68. The van der Waals surface area contributed by atoms with Gasteiger partial charge in [0.05, 0.1) is 0 Å². The molecule has 0 amide bonds. The topological polar surface area (TPSA) is 0 Å². The van der Waals surface area contributed by atoms with E-state index in [4.69, 9.17) is 0 Å². The van der Waals surface area contributed by atoms with Crippen LogP contribution in [0.1, 0.15) is 55.6 Å². The third kappa shape index (κ3) is 5.06. The van der Waals surface area contributed by atoms with Crippen molar-refractivity contribution in [1.82, 2.24) is 0 Å². The van der Waals surface area contributed by atoms with E-state index in [1.54, 1.807) is 0 Å². The van der Waals surface area contributed by atoms with E-state index in [0.717, 1.165) is 12.8 Å². The molecule has 3 rings (SSSR count). The van der Waals surface area contributed by atoms with Gasteiger partial charge in [-0.2, -0.15) is 0 Å². The molecule has 2 aromatic carbocycles. The van der Waals surface area contributed by atoms with Gasteiger partial charge in [-0.05, 0) is 54.2 Å². The predicted molar refractivity (Wildman–Crippen MR) is 109 cm³/mol. The number of hydrogen-bond donors (Lipinski definition) is 0. The lowest BCUT2D eigenvalue weighted by atomic mass is 9.81. The number of benzene rings is 2. The van der Waals surface area contributed by atoms with E-state index >= 15 is 0 Å². The van der Waals surface area contributed by atoms with E-state index < -0.39 is 0 Å². The molecule has 0 aromatic heterocycles. The molecule has 0 saturated carbocycles. The highest BCUT2D eigenvalue weighted by molar-refractivity contribution is 5.31. The van der Waals surface area contributed by atoms with Crippen LogP contribution in [0.2, 0.25) is 0 Å². The highest BCUT2D eigenvalue weighted by Crippen LogP contribution is 2.35. The Morgan fingerprint density at radius 1 is 0.840 bits per heavy atom. The first-order valence-corrected chi connectivity index (χ1v) is 9.49. The van der Waals surface area contributed by atoms with Gasteiger partial charge in [-0.3, -0.25) is 0 Å². The number of rotatable bonds is 7. The summed E-state index contributed by atoms with van der Waals surface area (Å²) in [6, 6.07) is 22.0. The van der Waals surface area contributed by atoms with Crippen LogP contribution in [0.25, 0.3) is 0 Å². The fourth-order valence-electron chi connectivity index (χ4n) is 3.68. The molecule has 0 fully saturated rings. The molecule has 0 heterocycles. The maximum atomic E-state index is 2.44. The highest BCUT2D eigenvalue weighted by Gasteiger charge is 2.18. The third-order valence-corrected chi connectivity index (χ3v) is 5.18. The van der Waals surface area contributed by atoms with Crippen LogP contribution >= 0.6 is 0 Å².